The highest BCUT2D eigenvalue weighted by Crippen LogP contribution is 2.21. The van der Waals surface area contributed by atoms with Crippen LogP contribution in [0.4, 0.5) is 0 Å². The maximum absolute atomic E-state index is 5.58. The lowest BCUT2D eigenvalue weighted by atomic mass is 9.89. The van der Waals surface area contributed by atoms with E-state index in [4.69, 9.17) is 9.47 Å². The first-order valence-corrected chi connectivity index (χ1v) is 8.09. The summed E-state index contributed by atoms with van der Waals surface area (Å²) in [6.07, 6.45) is 0.109. The Labute approximate surface area is 163 Å². The first kappa shape index (κ1) is 23.0. The van der Waals surface area contributed by atoms with Gasteiger partial charge >= 0.3 is 0 Å². The fraction of sp³-hybridized carbons (Fsp3) is 0.611. The highest BCUT2D eigenvalue weighted by atomic mass is 127. The van der Waals surface area contributed by atoms with Crippen molar-refractivity contribution in [3.8, 4) is 5.75 Å². The third kappa shape index (κ3) is 7.70. The lowest BCUT2D eigenvalue weighted by molar-refractivity contribution is 0.0205. The minimum Gasteiger partial charge on any atom is -0.496 e. The van der Waals surface area contributed by atoms with Crippen LogP contribution in [0.25, 0.3) is 0 Å². The minimum absolute atomic E-state index is 0. The molecule has 2 N–H and O–H groups in total. The normalized spacial score (nSPS) is 13.0. The van der Waals surface area contributed by atoms with Crippen LogP contribution in [0.5, 0.6) is 5.75 Å². The van der Waals surface area contributed by atoms with Crippen LogP contribution in [0.2, 0.25) is 0 Å². The summed E-state index contributed by atoms with van der Waals surface area (Å²) in [6.45, 7) is 10.6. The quantitative estimate of drug-likeness (QED) is 0.381. The number of aliphatic imine (C=N–C) groups is 1. The Morgan fingerprint density at radius 2 is 1.83 bits per heavy atom. The van der Waals surface area contributed by atoms with Gasteiger partial charge in [0.1, 0.15) is 5.75 Å². The number of hydrogen-bond acceptors (Lipinski definition) is 3. The SMILES string of the molecule is CCNC(=NCc1ccccc1OC)NCC(OC)C(C)(C)C.I. The van der Waals surface area contributed by atoms with Gasteiger partial charge in [-0.1, -0.05) is 39.0 Å². The van der Waals surface area contributed by atoms with Crippen molar-refractivity contribution in [2.24, 2.45) is 10.4 Å². The summed E-state index contributed by atoms with van der Waals surface area (Å²) in [5.74, 6) is 1.64. The third-order valence-corrected chi connectivity index (χ3v) is 3.65. The molecule has 1 rings (SSSR count). The summed E-state index contributed by atoms with van der Waals surface area (Å²) < 4.78 is 10.9. The molecule has 0 aromatic heterocycles. The first-order chi connectivity index (χ1) is 10.9. The Bertz CT molecular complexity index is 501. The maximum Gasteiger partial charge on any atom is 0.191 e. The standard InChI is InChI=1S/C18H31N3O2.HI/c1-7-19-17(21-13-16(23-6)18(2,3)4)20-12-14-10-8-9-11-15(14)22-5;/h8-11,16H,7,12-13H2,1-6H3,(H2,19,20,21);1H. The van der Waals surface area contributed by atoms with Crippen molar-refractivity contribution in [3.63, 3.8) is 0 Å². The Kier molecular flexibility index (Phi) is 11.0. The molecule has 0 fully saturated rings. The van der Waals surface area contributed by atoms with Gasteiger partial charge in [0.25, 0.3) is 0 Å². The number of hydrogen-bond donors (Lipinski definition) is 2. The van der Waals surface area contributed by atoms with E-state index in [9.17, 15) is 0 Å². The Morgan fingerprint density at radius 1 is 1.17 bits per heavy atom. The fourth-order valence-corrected chi connectivity index (χ4v) is 2.27. The summed E-state index contributed by atoms with van der Waals surface area (Å²) in [7, 11) is 3.43. The lowest BCUT2D eigenvalue weighted by Crippen LogP contribution is -2.45. The molecule has 0 amide bonds. The van der Waals surface area contributed by atoms with Crippen LogP contribution in [-0.2, 0) is 11.3 Å². The van der Waals surface area contributed by atoms with Crippen LogP contribution in [0.3, 0.4) is 0 Å². The van der Waals surface area contributed by atoms with Crippen LogP contribution >= 0.6 is 24.0 Å². The number of methoxy groups -OCH3 is 2. The summed E-state index contributed by atoms with van der Waals surface area (Å²) in [5, 5.41) is 6.62. The van der Waals surface area contributed by atoms with Gasteiger partial charge < -0.3 is 20.1 Å². The number of guanidine groups is 1. The van der Waals surface area contributed by atoms with E-state index in [0.717, 1.165) is 23.8 Å². The van der Waals surface area contributed by atoms with E-state index in [-0.39, 0.29) is 35.5 Å². The van der Waals surface area contributed by atoms with Gasteiger partial charge in [-0.05, 0) is 18.4 Å². The van der Waals surface area contributed by atoms with E-state index in [2.05, 4.69) is 43.3 Å². The van der Waals surface area contributed by atoms with Gasteiger partial charge in [0.05, 0.1) is 19.8 Å². The molecule has 5 nitrogen and oxygen atoms in total. The summed E-state index contributed by atoms with van der Waals surface area (Å²) >= 11 is 0. The van der Waals surface area contributed by atoms with E-state index < -0.39 is 0 Å². The van der Waals surface area contributed by atoms with Crippen molar-refractivity contribution in [1.29, 1.82) is 0 Å². The number of nitrogens with one attached hydrogen (secondary N) is 2. The van der Waals surface area contributed by atoms with Gasteiger partial charge in [-0.15, -0.1) is 24.0 Å². The molecular weight excluding hydrogens is 417 g/mol. The topological polar surface area (TPSA) is 54.9 Å². The van der Waals surface area contributed by atoms with Crippen molar-refractivity contribution in [2.75, 3.05) is 27.3 Å². The molecule has 0 radical (unpaired) electrons. The minimum atomic E-state index is 0. The number of nitrogens with zero attached hydrogens (tertiary/aromatic N) is 1. The van der Waals surface area contributed by atoms with Crippen molar-refractivity contribution in [2.45, 2.75) is 40.3 Å². The van der Waals surface area contributed by atoms with Crippen molar-refractivity contribution >= 4 is 29.9 Å². The zero-order valence-corrected chi connectivity index (χ0v) is 18.0. The number of benzene rings is 1. The van der Waals surface area contributed by atoms with E-state index in [1.165, 1.54) is 0 Å². The molecule has 138 valence electrons. The molecule has 0 heterocycles. The van der Waals surface area contributed by atoms with Crippen LogP contribution < -0.4 is 15.4 Å². The van der Waals surface area contributed by atoms with Gasteiger partial charge in [0.2, 0.25) is 0 Å². The molecule has 6 heteroatoms. The summed E-state index contributed by atoms with van der Waals surface area (Å²) in [5.41, 5.74) is 1.13. The number of rotatable bonds is 7. The molecule has 0 saturated carbocycles. The molecule has 0 aliphatic rings. The predicted octanol–water partition coefficient (Wildman–Crippen LogP) is 3.43. The number of halogens is 1. The molecule has 0 saturated heterocycles. The van der Waals surface area contributed by atoms with Crippen molar-refractivity contribution < 1.29 is 9.47 Å². The van der Waals surface area contributed by atoms with Crippen LogP contribution in [0.15, 0.2) is 29.3 Å². The molecule has 1 aromatic carbocycles. The zero-order valence-electron chi connectivity index (χ0n) is 15.7. The second-order valence-electron chi connectivity index (χ2n) is 6.48. The van der Waals surface area contributed by atoms with Gasteiger partial charge in [-0.3, -0.25) is 0 Å². The van der Waals surface area contributed by atoms with Gasteiger partial charge in [0, 0.05) is 25.8 Å². The number of para-hydroxylation sites is 1. The predicted molar refractivity (Wildman–Crippen MR) is 111 cm³/mol. The van der Waals surface area contributed by atoms with E-state index in [1.54, 1.807) is 14.2 Å². The second kappa shape index (κ2) is 11.5. The molecule has 1 atom stereocenters. The molecule has 0 spiro atoms. The highest BCUT2D eigenvalue weighted by Gasteiger charge is 2.24. The molecule has 0 aliphatic heterocycles. The Balaban J connectivity index is 0.00000529. The second-order valence-corrected chi connectivity index (χ2v) is 6.48. The highest BCUT2D eigenvalue weighted by molar-refractivity contribution is 14.0. The number of ether oxygens (including phenoxy) is 2. The van der Waals surface area contributed by atoms with Gasteiger partial charge in [-0.2, -0.15) is 0 Å². The average molecular weight is 449 g/mol. The van der Waals surface area contributed by atoms with E-state index in [1.807, 2.05) is 24.3 Å². The zero-order chi connectivity index (χ0) is 17.3. The largest absolute Gasteiger partial charge is 0.496 e. The Morgan fingerprint density at radius 3 is 2.38 bits per heavy atom. The molecule has 0 bridgehead atoms. The third-order valence-electron chi connectivity index (χ3n) is 3.65. The average Bonchev–Trinajstić information content (AvgIpc) is 2.52. The van der Waals surface area contributed by atoms with Crippen LogP contribution in [0, 0.1) is 5.41 Å². The first-order valence-electron chi connectivity index (χ1n) is 8.09. The lowest BCUT2D eigenvalue weighted by Gasteiger charge is -2.30. The van der Waals surface area contributed by atoms with Crippen LogP contribution in [0.1, 0.15) is 33.3 Å². The summed E-state index contributed by atoms with van der Waals surface area (Å²) in [4.78, 5) is 4.64. The molecule has 24 heavy (non-hydrogen) atoms. The van der Waals surface area contributed by atoms with Crippen molar-refractivity contribution in [1.82, 2.24) is 10.6 Å². The monoisotopic (exact) mass is 449 g/mol. The molecular formula is C18H32IN3O2. The summed E-state index contributed by atoms with van der Waals surface area (Å²) in [6, 6.07) is 7.93. The molecule has 1 unspecified atom stereocenters. The fourth-order valence-electron chi connectivity index (χ4n) is 2.27. The molecule has 1 aromatic rings. The van der Waals surface area contributed by atoms with Crippen molar-refractivity contribution in [3.05, 3.63) is 29.8 Å². The maximum atomic E-state index is 5.58. The molecule has 0 aliphatic carbocycles. The van der Waals surface area contributed by atoms with Crippen LogP contribution in [-0.4, -0.2) is 39.4 Å². The van der Waals surface area contributed by atoms with Gasteiger partial charge in [0.15, 0.2) is 5.96 Å². The Hall–Kier alpha value is -1.02. The van der Waals surface area contributed by atoms with Gasteiger partial charge in [-0.25, -0.2) is 4.99 Å². The van der Waals surface area contributed by atoms with E-state index >= 15 is 0 Å². The smallest absolute Gasteiger partial charge is 0.191 e. The van der Waals surface area contributed by atoms with E-state index in [0.29, 0.717) is 13.1 Å².